The summed E-state index contributed by atoms with van der Waals surface area (Å²) in [6.07, 6.45) is 0.237. The van der Waals surface area contributed by atoms with Gasteiger partial charge >= 0.3 is 11.9 Å². The molecule has 0 spiro atoms. The van der Waals surface area contributed by atoms with Crippen molar-refractivity contribution < 1.29 is 105 Å². The topological polar surface area (TPSA) is 538 Å². The lowest BCUT2D eigenvalue weighted by atomic mass is 9.96. The molecule has 0 saturated carbocycles. The van der Waals surface area contributed by atoms with Crippen molar-refractivity contribution >= 4 is 82.8 Å². The summed E-state index contributed by atoms with van der Waals surface area (Å²) >= 11 is 0. The summed E-state index contributed by atoms with van der Waals surface area (Å²) < 4.78 is 0. The monoisotopic (exact) mass is 1410 g/mol. The Hall–Kier alpha value is -9.34. The third-order valence-corrected chi connectivity index (χ3v) is 16.9. The predicted molar refractivity (Wildman–Crippen MR) is 361 cm³/mol. The molecule has 15 atom stereocenters. The fourth-order valence-electron chi connectivity index (χ4n) is 10.8. The summed E-state index contributed by atoms with van der Waals surface area (Å²) in [4.78, 5) is 191. The maximum atomic E-state index is 14.8. The molecular weight excluding hydrogens is 1300 g/mol. The lowest BCUT2D eigenvalue weighted by Crippen LogP contribution is -2.67. The van der Waals surface area contributed by atoms with Crippen LogP contribution in [0, 0.1) is 11.8 Å². The number of carbonyl (C=O) groups excluding carboxylic acids is 12. The number of benzene rings is 2. The highest BCUT2D eigenvalue weighted by atomic mass is 16.4. The quantitative estimate of drug-likeness (QED) is 0.0277. The second-order valence-corrected chi connectivity index (χ2v) is 26.1. The second-order valence-electron chi connectivity index (χ2n) is 26.1. The first-order valence-electron chi connectivity index (χ1n) is 34.1. The van der Waals surface area contributed by atoms with Crippen molar-refractivity contribution in [1.82, 2.24) is 63.4 Å². The van der Waals surface area contributed by atoms with Gasteiger partial charge in [-0.1, -0.05) is 76.6 Å². The molecule has 33 nitrogen and oxygen atoms in total. The largest absolute Gasteiger partial charge is 0.508 e. The van der Waals surface area contributed by atoms with Crippen molar-refractivity contribution in [2.24, 2.45) is 11.8 Å². The van der Waals surface area contributed by atoms with Crippen LogP contribution in [-0.2, 0) is 80.0 Å². The fourth-order valence-corrected chi connectivity index (χ4v) is 10.8. The third-order valence-electron chi connectivity index (χ3n) is 16.9. The van der Waals surface area contributed by atoms with E-state index in [-0.39, 0.29) is 56.7 Å². The number of carbonyl (C=O) groups is 14. The Kier molecular flexibility index (Phi) is 36.1. The highest BCUT2D eigenvalue weighted by molar-refractivity contribution is 6.00. The Morgan fingerprint density at radius 3 is 1.47 bits per heavy atom. The lowest BCUT2D eigenvalue weighted by Gasteiger charge is -2.31. The van der Waals surface area contributed by atoms with Gasteiger partial charge in [0.05, 0.1) is 25.6 Å². The van der Waals surface area contributed by atoms with Crippen LogP contribution in [0.15, 0.2) is 54.6 Å². The first-order valence-corrected chi connectivity index (χ1v) is 34.1. The normalized spacial score (nSPS) is 16.9. The third kappa shape index (κ3) is 28.5. The van der Waals surface area contributed by atoms with Gasteiger partial charge in [-0.2, -0.15) is 0 Å². The first-order chi connectivity index (χ1) is 47.1. The number of nitrogens with one attached hydrogen (secondary N) is 11. The minimum Gasteiger partial charge on any atom is -0.508 e. The first kappa shape index (κ1) is 84.9. The van der Waals surface area contributed by atoms with Gasteiger partial charge < -0.3 is 101 Å². The number of rotatable bonds is 43. The van der Waals surface area contributed by atoms with Gasteiger partial charge in [0.1, 0.15) is 78.3 Å². The van der Waals surface area contributed by atoms with Crippen LogP contribution in [0.5, 0.6) is 5.75 Å². The molecule has 33 heteroatoms. The van der Waals surface area contributed by atoms with E-state index in [0.29, 0.717) is 62.7 Å². The summed E-state index contributed by atoms with van der Waals surface area (Å²) in [5, 5.41) is 68.2. The SMILES string of the molecule is CC[C@H](C)[C@H](NC(=O)[C@H](CC(C)C)NC(=O)[C@H](CC(=O)O)NC(=O)[C@H](C)[NH3+])C(=O)N[C@@H](C)C(=O)N[C@@H](Cc1ccc(O)cc1)C(=O)N1CCC[C@H]1C(=O)N[C@@H](CCCC[NH3+])C(=O)N[C@@H](C)C(=O)N[C@@H](C)C(=O)N[C@H](C(=O)N[C@@H](CCCC[NH3+])C(=O)N[C@@H](Cc1ccccc1)C(=O)O)[C@@H](C)O. The molecule has 0 aliphatic carbocycles. The van der Waals surface area contributed by atoms with Gasteiger partial charge in [-0.05, 0) is 128 Å². The molecule has 1 heterocycles. The van der Waals surface area contributed by atoms with E-state index in [1.165, 1.54) is 63.8 Å². The molecule has 556 valence electrons. The van der Waals surface area contributed by atoms with Crippen molar-refractivity contribution in [1.29, 1.82) is 0 Å². The highest BCUT2D eigenvalue weighted by Gasteiger charge is 2.41. The number of quaternary nitrogens is 3. The number of hydrogen-bond donors (Lipinski definition) is 18. The number of nitrogens with zero attached hydrogens (tertiary/aromatic N) is 1. The Bertz CT molecular complexity index is 3100. The molecule has 0 radical (unpaired) electrons. The van der Waals surface area contributed by atoms with Crippen LogP contribution in [-0.4, -0.2) is 212 Å². The Morgan fingerprint density at radius 2 is 0.940 bits per heavy atom. The number of unbranched alkanes of at least 4 members (excludes halogenated alkanes) is 2. The summed E-state index contributed by atoms with van der Waals surface area (Å²) in [7, 11) is 0. The van der Waals surface area contributed by atoms with Crippen molar-refractivity contribution in [3.05, 3.63) is 65.7 Å². The summed E-state index contributed by atoms with van der Waals surface area (Å²) in [5.74, 6) is -13.6. The number of amides is 12. The van der Waals surface area contributed by atoms with Gasteiger partial charge in [-0.15, -0.1) is 0 Å². The van der Waals surface area contributed by atoms with Gasteiger partial charge in [0.25, 0.3) is 5.91 Å². The number of phenolic OH excluding ortho intramolecular Hbond substituents is 1. The average Bonchev–Trinajstić information content (AvgIpc) is 1.59. The van der Waals surface area contributed by atoms with Crippen LogP contribution in [0.25, 0.3) is 0 Å². The van der Waals surface area contributed by atoms with Crippen LogP contribution in [0.3, 0.4) is 0 Å². The molecule has 100 heavy (non-hydrogen) atoms. The number of aliphatic carboxylic acids is 2. The Morgan fingerprint density at radius 1 is 0.500 bits per heavy atom. The van der Waals surface area contributed by atoms with Crippen LogP contribution < -0.4 is 75.7 Å². The summed E-state index contributed by atoms with van der Waals surface area (Å²) in [6, 6.07) is -2.96. The molecule has 0 aromatic heterocycles. The number of aromatic hydroxyl groups is 1. The van der Waals surface area contributed by atoms with Crippen molar-refractivity contribution in [2.45, 2.75) is 230 Å². The molecule has 24 N–H and O–H groups in total. The molecule has 0 unspecified atom stereocenters. The molecule has 1 fully saturated rings. The minimum atomic E-state index is -1.67. The van der Waals surface area contributed by atoms with Crippen LogP contribution in [0.1, 0.15) is 144 Å². The summed E-state index contributed by atoms with van der Waals surface area (Å²) in [5.41, 5.74) is 12.3. The number of aliphatic hydroxyl groups excluding tert-OH is 1. The molecule has 1 aliphatic heterocycles. The molecule has 2 aromatic carbocycles. The van der Waals surface area contributed by atoms with Gasteiger partial charge in [0.2, 0.25) is 65.0 Å². The predicted octanol–water partition coefficient (Wildman–Crippen LogP) is -4.95. The Labute approximate surface area is 582 Å². The number of hydrogen-bond acceptors (Lipinski definition) is 16. The van der Waals surface area contributed by atoms with E-state index in [1.807, 2.05) is 0 Å². The van der Waals surface area contributed by atoms with E-state index in [9.17, 15) is 87.5 Å². The molecule has 12 amide bonds. The van der Waals surface area contributed by atoms with E-state index in [4.69, 9.17) is 0 Å². The number of carboxylic acid groups (broad SMARTS) is 2. The van der Waals surface area contributed by atoms with E-state index in [1.54, 1.807) is 58.0 Å². The Balaban J connectivity index is 1.78. The van der Waals surface area contributed by atoms with E-state index >= 15 is 0 Å². The van der Waals surface area contributed by atoms with E-state index in [2.05, 4.69) is 75.7 Å². The highest BCUT2D eigenvalue weighted by Crippen LogP contribution is 2.22. The molecule has 2 aromatic rings. The standard InChI is InChI=1S/C67H105N15O18/c1-10-36(4)53(80-62(94)47(31-35(2)3)77-61(93)48(34-52(85)86)76-55(87)37(5)70)64(96)73-39(7)57(89)78-49(32-43-24-26-44(84)27-25-43)66(98)82-30-18-23-51(82)63(95)74-45(21-14-16-28-68)59(91)72-38(6)56(88)71-40(8)58(90)81-54(41(9)83)65(97)75-46(22-15-17-29-69)60(92)79-50(67(99)100)33-42-19-12-11-13-20-42/h11-13,19-20,24-27,35-41,45-51,53-54,83-84H,10,14-18,21-23,28-34,68-70H2,1-9H3,(H,71,88)(H,72,91)(H,73,96)(H,74,95)(H,75,97)(H,76,87)(H,77,93)(H,78,89)(H,79,92)(H,80,94)(H,81,90)(H,85,86)(H,99,100)/p+3/t36-,37-,38-,39-,40-,41+,45-,46-,47-,48-,49-,50-,51-,53-,54-/m0/s1. The molecule has 3 rings (SSSR count). The fraction of sp³-hybridized carbons (Fsp3) is 0.612. The maximum Gasteiger partial charge on any atom is 0.326 e. The maximum absolute atomic E-state index is 14.8. The van der Waals surface area contributed by atoms with E-state index < -0.39 is 180 Å². The zero-order valence-electron chi connectivity index (χ0n) is 58.8. The second kappa shape index (κ2) is 42.6. The van der Waals surface area contributed by atoms with Crippen molar-refractivity contribution in [3.63, 3.8) is 0 Å². The van der Waals surface area contributed by atoms with Crippen molar-refractivity contribution in [2.75, 3.05) is 19.6 Å². The van der Waals surface area contributed by atoms with Gasteiger partial charge in [0, 0.05) is 19.4 Å². The average molecular weight is 1410 g/mol. The zero-order chi connectivity index (χ0) is 75.1. The van der Waals surface area contributed by atoms with Crippen LogP contribution >= 0.6 is 0 Å². The zero-order valence-corrected chi connectivity index (χ0v) is 58.8. The molecule has 1 saturated heterocycles. The molecule has 1 aliphatic rings. The lowest BCUT2D eigenvalue weighted by molar-refractivity contribution is -0.398. The van der Waals surface area contributed by atoms with Crippen LogP contribution in [0.4, 0.5) is 0 Å². The molecule has 0 bridgehead atoms. The van der Waals surface area contributed by atoms with E-state index in [0.717, 1.165) is 0 Å². The number of carboxylic acids is 2. The number of likely N-dealkylation sites (tertiary alicyclic amines) is 1. The number of aliphatic hydroxyl groups is 1. The minimum absolute atomic E-state index is 0.0318. The van der Waals surface area contributed by atoms with Gasteiger partial charge in [-0.25, -0.2) is 4.79 Å². The van der Waals surface area contributed by atoms with Crippen LogP contribution in [0.2, 0.25) is 0 Å². The number of phenols is 1. The van der Waals surface area contributed by atoms with Gasteiger partial charge in [0.15, 0.2) is 6.04 Å². The van der Waals surface area contributed by atoms with Gasteiger partial charge in [-0.3, -0.25) is 62.3 Å². The molecular formula is C67H108N15O18+3. The smallest absolute Gasteiger partial charge is 0.326 e. The summed E-state index contributed by atoms with van der Waals surface area (Å²) in [6.45, 7) is 14.5. The van der Waals surface area contributed by atoms with Crippen molar-refractivity contribution in [3.8, 4) is 5.75 Å².